The van der Waals surface area contributed by atoms with Crippen molar-refractivity contribution >= 4 is 39.0 Å². The molecule has 0 bridgehead atoms. The minimum absolute atomic E-state index is 0.160. The molecule has 1 N–H and O–H groups in total. The standard InChI is InChI=1S/C23H24BrN3O6/c1-5-6-20-26-17-8-7-15(24)11-16(17)22(28)27(20)25-12-14-9-18(31-3)21(19(10-14)32-4)33-13(2)23(29)30/h7-13H,5-6H2,1-4H3,(H,29,30)/t13-/m0/s1. The quantitative estimate of drug-likeness (QED) is 0.428. The van der Waals surface area contributed by atoms with Gasteiger partial charge in [-0.05, 0) is 43.7 Å². The Bertz CT molecular complexity index is 1250. The largest absolute Gasteiger partial charge is 0.493 e. The highest BCUT2D eigenvalue weighted by atomic mass is 79.9. The zero-order chi connectivity index (χ0) is 24.1. The van der Waals surface area contributed by atoms with E-state index < -0.39 is 12.1 Å². The van der Waals surface area contributed by atoms with E-state index in [1.54, 1.807) is 24.3 Å². The van der Waals surface area contributed by atoms with E-state index in [1.807, 2.05) is 13.0 Å². The first-order chi connectivity index (χ1) is 15.8. The fourth-order valence-corrected chi connectivity index (χ4v) is 3.50. The van der Waals surface area contributed by atoms with Crippen LogP contribution in [-0.4, -0.2) is 47.3 Å². The minimum Gasteiger partial charge on any atom is -0.493 e. The highest BCUT2D eigenvalue weighted by molar-refractivity contribution is 9.10. The summed E-state index contributed by atoms with van der Waals surface area (Å²) in [5.74, 6) is 0.120. The first-order valence-electron chi connectivity index (χ1n) is 10.2. The van der Waals surface area contributed by atoms with Crippen LogP contribution in [0.15, 0.2) is 44.7 Å². The number of benzene rings is 2. The van der Waals surface area contributed by atoms with E-state index in [1.165, 1.54) is 32.0 Å². The number of aliphatic carboxylic acids is 1. The number of hydrogen-bond donors (Lipinski definition) is 1. The van der Waals surface area contributed by atoms with Crippen LogP contribution in [-0.2, 0) is 11.2 Å². The molecule has 0 aliphatic rings. The summed E-state index contributed by atoms with van der Waals surface area (Å²) in [6.07, 6.45) is 1.75. The third kappa shape index (κ3) is 5.33. The van der Waals surface area contributed by atoms with E-state index in [0.29, 0.717) is 28.7 Å². The zero-order valence-electron chi connectivity index (χ0n) is 18.7. The molecule has 0 saturated heterocycles. The number of aryl methyl sites for hydroxylation is 1. The molecule has 0 saturated carbocycles. The Labute approximate surface area is 198 Å². The Morgan fingerprint density at radius 2 is 1.91 bits per heavy atom. The molecule has 1 aromatic heterocycles. The van der Waals surface area contributed by atoms with Gasteiger partial charge in [-0.25, -0.2) is 9.78 Å². The van der Waals surface area contributed by atoms with Gasteiger partial charge < -0.3 is 19.3 Å². The maximum atomic E-state index is 13.1. The fraction of sp³-hybridized carbons (Fsp3) is 0.304. The second-order valence-corrected chi connectivity index (χ2v) is 8.07. The average molecular weight is 518 g/mol. The smallest absolute Gasteiger partial charge is 0.344 e. The van der Waals surface area contributed by atoms with Crippen LogP contribution in [0.3, 0.4) is 0 Å². The number of carboxylic acid groups (broad SMARTS) is 1. The number of hydrogen-bond acceptors (Lipinski definition) is 7. The number of methoxy groups -OCH3 is 2. The van der Waals surface area contributed by atoms with Gasteiger partial charge in [0, 0.05) is 16.5 Å². The second kappa shape index (κ2) is 10.5. The summed E-state index contributed by atoms with van der Waals surface area (Å²) in [5, 5.41) is 14.0. The van der Waals surface area contributed by atoms with E-state index in [2.05, 4.69) is 26.0 Å². The summed E-state index contributed by atoms with van der Waals surface area (Å²) < 4.78 is 18.3. The maximum Gasteiger partial charge on any atom is 0.344 e. The molecule has 2 aromatic carbocycles. The third-order valence-electron chi connectivity index (χ3n) is 4.80. The number of carbonyl (C=O) groups is 1. The van der Waals surface area contributed by atoms with Gasteiger partial charge in [-0.1, -0.05) is 22.9 Å². The summed E-state index contributed by atoms with van der Waals surface area (Å²) in [7, 11) is 2.87. The van der Waals surface area contributed by atoms with Crippen molar-refractivity contribution in [2.24, 2.45) is 5.10 Å². The van der Waals surface area contributed by atoms with E-state index in [4.69, 9.17) is 19.3 Å². The van der Waals surface area contributed by atoms with E-state index in [-0.39, 0.29) is 22.8 Å². The summed E-state index contributed by atoms with van der Waals surface area (Å²) in [4.78, 5) is 29.0. The van der Waals surface area contributed by atoms with Crippen LogP contribution >= 0.6 is 15.9 Å². The van der Waals surface area contributed by atoms with Crippen LogP contribution in [0, 0.1) is 0 Å². The lowest BCUT2D eigenvalue weighted by Crippen LogP contribution is -2.23. The molecule has 0 fully saturated rings. The fourth-order valence-electron chi connectivity index (χ4n) is 3.14. The molecule has 0 unspecified atom stereocenters. The van der Waals surface area contributed by atoms with E-state index >= 15 is 0 Å². The summed E-state index contributed by atoms with van der Waals surface area (Å²) >= 11 is 3.39. The van der Waals surface area contributed by atoms with Gasteiger partial charge in [0.1, 0.15) is 5.82 Å². The Kier molecular flexibility index (Phi) is 7.70. The van der Waals surface area contributed by atoms with Gasteiger partial charge in [0.25, 0.3) is 5.56 Å². The first-order valence-corrected chi connectivity index (χ1v) is 11.0. The monoisotopic (exact) mass is 517 g/mol. The Morgan fingerprint density at radius 3 is 2.48 bits per heavy atom. The predicted octanol–water partition coefficient (Wildman–Crippen LogP) is 3.86. The number of rotatable bonds is 9. The van der Waals surface area contributed by atoms with E-state index in [0.717, 1.165) is 10.9 Å². The molecule has 3 aromatic rings. The van der Waals surface area contributed by atoms with Gasteiger partial charge in [0.15, 0.2) is 17.6 Å². The predicted molar refractivity (Wildman–Crippen MR) is 128 cm³/mol. The van der Waals surface area contributed by atoms with Crippen LogP contribution in [0.4, 0.5) is 0 Å². The number of fused-ring (bicyclic) bond motifs is 1. The number of carboxylic acids is 1. The van der Waals surface area contributed by atoms with E-state index in [9.17, 15) is 9.59 Å². The Balaban J connectivity index is 2.09. The highest BCUT2D eigenvalue weighted by Crippen LogP contribution is 2.39. The number of nitrogens with zero attached hydrogens (tertiary/aromatic N) is 3. The van der Waals surface area contributed by atoms with Crippen LogP contribution < -0.4 is 19.8 Å². The summed E-state index contributed by atoms with van der Waals surface area (Å²) in [6.45, 7) is 3.40. The molecule has 0 amide bonds. The van der Waals surface area contributed by atoms with Crippen LogP contribution in [0.1, 0.15) is 31.7 Å². The number of ether oxygens (including phenoxy) is 3. The minimum atomic E-state index is -1.12. The zero-order valence-corrected chi connectivity index (χ0v) is 20.2. The second-order valence-electron chi connectivity index (χ2n) is 7.15. The Morgan fingerprint density at radius 1 is 1.24 bits per heavy atom. The molecule has 0 aliphatic heterocycles. The van der Waals surface area contributed by atoms with Gasteiger partial charge in [0.05, 0.1) is 31.3 Å². The van der Waals surface area contributed by atoms with Gasteiger partial charge in [-0.3, -0.25) is 4.79 Å². The molecule has 1 heterocycles. The molecule has 10 heteroatoms. The van der Waals surface area contributed by atoms with Crippen molar-refractivity contribution < 1.29 is 24.1 Å². The highest BCUT2D eigenvalue weighted by Gasteiger charge is 2.20. The lowest BCUT2D eigenvalue weighted by atomic mass is 10.2. The van der Waals surface area contributed by atoms with Crippen molar-refractivity contribution in [1.82, 2.24) is 9.66 Å². The van der Waals surface area contributed by atoms with Crippen molar-refractivity contribution in [1.29, 1.82) is 0 Å². The maximum absolute atomic E-state index is 13.1. The first kappa shape index (κ1) is 24.2. The molecule has 9 nitrogen and oxygen atoms in total. The lowest BCUT2D eigenvalue weighted by Gasteiger charge is -2.17. The SMILES string of the molecule is CCCc1nc2ccc(Br)cc2c(=O)n1N=Cc1cc(OC)c(O[C@@H](C)C(=O)O)c(OC)c1. The van der Waals surface area contributed by atoms with Gasteiger partial charge in [0.2, 0.25) is 5.75 Å². The number of aromatic nitrogens is 2. The molecule has 174 valence electrons. The summed E-state index contributed by atoms with van der Waals surface area (Å²) in [5.41, 5.74) is 0.883. The van der Waals surface area contributed by atoms with Crippen LogP contribution in [0.25, 0.3) is 10.9 Å². The van der Waals surface area contributed by atoms with Gasteiger partial charge in [-0.2, -0.15) is 9.78 Å². The third-order valence-corrected chi connectivity index (χ3v) is 5.29. The van der Waals surface area contributed by atoms with Gasteiger partial charge >= 0.3 is 5.97 Å². The van der Waals surface area contributed by atoms with Crippen molar-refractivity contribution in [3.8, 4) is 17.2 Å². The number of halogens is 1. The molecule has 0 aliphatic carbocycles. The topological polar surface area (TPSA) is 112 Å². The molecule has 33 heavy (non-hydrogen) atoms. The van der Waals surface area contributed by atoms with Crippen LogP contribution in [0.5, 0.6) is 17.2 Å². The molecular weight excluding hydrogens is 494 g/mol. The molecule has 3 rings (SSSR count). The van der Waals surface area contributed by atoms with Crippen molar-refractivity contribution in [3.63, 3.8) is 0 Å². The molecule has 1 atom stereocenters. The average Bonchev–Trinajstić information content (AvgIpc) is 2.79. The molecular formula is C23H24BrN3O6. The lowest BCUT2D eigenvalue weighted by molar-refractivity contribution is -0.144. The van der Waals surface area contributed by atoms with Crippen molar-refractivity contribution in [3.05, 3.63) is 56.5 Å². The summed E-state index contributed by atoms with van der Waals surface area (Å²) in [6, 6.07) is 8.58. The van der Waals surface area contributed by atoms with Gasteiger partial charge in [-0.15, -0.1) is 0 Å². The molecule has 0 spiro atoms. The van der Waals surface area contributed by atoms with Crippen molar-refractivity contribution in [2.45, 2.75) is 32.8 Å². The van der Waals surface area contributed by atoms with Crippen LogP contribution in [0.2, 0.25) is 0 Å². The normalized spacial score (nSPS) is 12.2. The van der Waals surface area contributed by atoms with Crippen molar-refractivity contribution in [2.75, 3.05) is 14.2 Å². The Hall–Kier alpha value is -3.40. The molecule has 0 radical (unpaired) electrons.